The molecule has 2 aromatic carbocycles. The van der Waals surface area contributed by atoms with Crippen molar-refractivity contribution >= 4 is 22.5 Å². The van der Waals surface area contributed by atoms with Crippen LogP contribution < -0.4 is 4.90 Å². The van der Waals surface area contributed by atoms with Crippen LogP contribution in [0.25, 0.3) is 16.8 Å². The Hall–Kier alpha value is -2.02. The van der Waals surface area contributed by atoms with Crippen LogP contribution >= 0.6 is 0 Å². The lowest BCUT2D eigenvalue weighted by Gasteiger charge is -2.25. The highest BCUT2D eigenvalue weighted by Crippen LogP contribution is 2.34. The minimum absolute atomic E-state index is 0.851. The smallest absolute Gasteiger partial charge is 0.0494 e. The molecule has 1 nitrogen and oxygen atoms in total. The lowest BCUT2D eigenvalue weighted by Crippen LogP contribution is -2.17. The monoisotopic (exact) mass is 207 g/mol. The van der Waals surface area contributed by atoms with E-state index in [1.807, 2.05) is 6.08 Å². The summed E-state index contributed by atoms with van der Waals surface area (Å²) in [5, 5.41) is 2.64. The maximum atomic E-state index is 3.80. The molecule has 0 spiro atoms. The van der Waals surface area contributed by atoms with Gasteiger partial charge in [-0.15, -0.1) is 6.58 Å². The summed E-state index contributed by atoms with van der Waals surface area (Å²) in [6.45, 7) is 4.65. The Kier molecular flexibility index (Phi) is 2.03. The van der Waals surface area contributed by atoms with Gasteiger partial charge in [-0.1, -0.05) is 36.4 Å². The van der Waals surface area contributed by atoms with Crippen LogP contribution in [0.5, 0.6) is 0 Å². The van der Waals surface area contributed by atoms with Crippen molar-refractivity contribution in [2.24, 2.45) is 0 Å². The molecular formula is C15H13N. The summed E-state index contributed by atoms with van der Waals surface area (Å²) in [6.07, 6.45) is 6.22. The van der Waals surface area contributed by atoms with E-state index in [1.165, 1.54) is 22.0 Å². The maximum Gasteiger partial charge on any atom is 0.0494 e. The van der Waals surface area contributed by atoms with Crippen molar-refractivity contribution in [2.45, 2.75) is 0 Å². The number of anilines is 1. The second kappa shape index (κ2) is 3.53. The van der Waals surface area contributed by atoms with Crippen molar-refractivity contribution in [3.63, 3.8) is 0 Å². The zero-order valence-electron chi connectivity index (χ0n) is 9.06. The van der Waals surface area contributed by atoms with E-state index in [9.17, 15) is 0 Å². The molecule has 0 fully saturated rings. The number of hydrogen-bond donors (Lipinski definition) is 0. The van der Waals surface area contributed by atoms with E-state index >= 15 is 0 Å². The average Bonchev–Trinajstić information content (AvgIpc) is 2.33. The molecular weight excluding hydrogens is 194 g/mol. The van der Waals surface area contributed by atoms with Crippen LogP contribution in [0.4, 0.5) is 5.69 Å². The van der Waals surface area contributed by atoms with E-state index in [4.69, 9.17) is 0 Å². The Morgan fingerprint density at radius 2 is 1.94 bits per heavy atom. The molecule has 1 aliphatic rings. The first-order chi connectivity index (χ1) is 7.90. The van der Waals surface area contributed by atoms with Gasteiger partial charge in [-0.3, -0.25) is 0 Å². The van der Waals surface area contributed by atoms with Crippen LogP contribution in [0.1, 0.15) is 5.56 Å². The fourth-order valence-corrected chi connectivity index (χ4v) is 2.28. The molecule has 3 rings (SSSR count). The molecule has 0 atom stereocenters. The third-order valence-electron chi connectivity index (χ3n) is 2.98. The zero-order valence-corrected chi connectivity index (χ0v) is 9.06. The number of nitrogens with zero attached hydrogens (tertiary/aromatic N) is 1. The van der Waals surface area contributed by atoms with Gasteiger partial charge < -0.3 is 4.90 Å². The quantitative estimate of drug-likeness (QED) is 0.677. The van der Waals surface area contributed by atoms with E-state index < -0.39 is 0 Å². The lowest BCUT2D eigenvalue weighted by atomic mass is 10.00. The first-order valence-electron chi connectivity index (χ1n) is 5.47. The first kappa shape index (κ1) is 9.22. The van der Waals surface area contributed by atoms with Gasteiger partial charge in [0.2, 0.25) is 0 Å². The molecule has 1 heteroatoms. The van der Waals surface area contributed by atoms with Gasteiger partial charge in [0, 0.05) is 23.8 Å². The fraction of sp³-hybridized carbons (Fsp3) is 0.0667. The van der Waals surface area contributed by atoms with Gasteiger partial charge in [-0.2, -0.15) is 0 Å². The summed E-state index contributed by atoms with van der Waals surface area (Å²) >= 11 is 0. The molecule has 0 amide bonds. The van der Waals surface area contributed by atoms with Gasteiger partial charge in [0.1, 0.15) is 0 Å². The molecule has 0 unspecified atom stereocenters. The van der Waals surface area contributed by atoms with Crippen LogP contribution in [-0.4, -0.2) is 6.54 Å². The Morgan fingerprint density at radius 3 is 2.75 bits per heavy atom. The molecule has 1 aliphatic heterocycles. The summed E-state index contributed by atoms with van der Waals surface area (Å²) < 4.78 is 0. The Morgan fingerprint density at radius 1 is 1.12 bits per heavy atom. The van der Waals surface area contributed by atoms with Crippen molar-refractivity contribution in [1.82, 2.24) is 0 Å². The van der Waals surface area contributed by atoms with Crippen LogP contribution in [-0.2, 0) is 0 Å². The normalized spacial score (nSPS) is 13.1. The van der Waals surface area contributed by atoms with Crippen LogP contribution in [0.3, 0.4) is 0 Å². The van der Waals surface area contributed by atoms with Gasteiger partial charge in [0.15, 0.2) is 0 Å². The summed E-state index contributed by atoms with van der Waals surface area (Å²) in [4.78, 5) is 2.22. The van der Waals surface area contributed by atoms with Gasteiger partial charge in [-0.05, 0) is 23.1 Å². The Balaban J connectivity index is 2.31. The Bertz CT molecular complexity index is 576. The summed E-state index contributed by atoms with van der Waals surface area (Å²) in [6, 6.07) is 12.9. The second-order valence-electron chi connectivity index (χ2n) is 3.98. The minimum Gasteiger partial charge on any atom is -0.344 e. The van der Waals surface area contributed by atoms with Crippen LogP contribution in [0, 0.1) is 0 Å². The summed E-state index contributed by atoms with van der Waals surface area (Å²) in [5.74, 6) is 0. The minimum atomic E-state index is 0.851. The van der Waals surface area contributed by atoms with E-state index in [2.05, 4.69) is 60.2 Å². The molecule has 0 aromatic heterocycles. The predicted molar refractivity (Wildman–Crippen MR) is 70.5 cm³/mol. The average molecular weight is 207 g/mol. The van der Waals surface area contributed by atoms with Crippen molar-refractivity contribution in [2.75, 3.05) is 11.4 Å². The topological polar surface area (TPSA) is 3.24 Å². The maximum absolute atomic E-state index is 3.80. The predicted octanol–water partition coefficient (Wildman–Crippen LogP) is 3.82. The van der Waals surface area contributed by atoms with Crippen molar-refractivity contribution in [3.8, 4) is 0 Å². The molecule has 2 aromatic rings. The molecule has 1 heterocycles. The molecule has 0 N–H and O–H groups in total. The van der Waals surface area contributed by atoms with Crippen molar-refractivity contribution in [1.29, 1.82) is 0 Å². The molecule has 0 saturated heterocycles. The third-order valence-corrected chi connectivity index (χ3v) is 2.98. The molecule has 78 valence electrons. The SMILES string of the molecule is C=CCN1C=Cc2cccc3cccc1c23. The molecule has 0 bridgehead atoms. The van der Waals surface area contributed by atoms with Crippen molar-refractivity contribution in [3.05, 3.63) is 60.8 Å². The summed E-state index contributed by atoms with van der Waals surface area (Å²) in [5.41, 5.74) is 2.57. The Labute approximate surface area is 95.3 Å². The standard InChI is InChI=1S/C15H13N/c1-2-10-16-11-9-13-6-3-5-12-7-4-8-14(16)15(12)13/h2-9,11H,1,10H2. The van der Waals surface area contributed by atoms with Crippen LogP contribution in [0.2, 0.25) is 0 Å². The number of rotatable bonds is 2. The molecule has 0 saturated carbocycles. The van der Waals surface area contributed by atoms with Crippen LogP contribution in [0.15, 0.2) is 55.3 Å². The molecule has 16 heavy (non-hydrogen) atoms. The van der Waals surface area contributed by atoms with E-state index in [-0.39, 0.29) is 0 Å². The zero-order chi connectivity index (χ0) is 11.0. The summed E-state index contributed by atoms with van der Waals surface area (Å²) in [7, 11) is 0. The fourth-order valence-electron chi connectivity index (χ4n) is 2.28. The number of benzene rings is 2. The van der Waals surface area contributed by atoms with E-state index in [1.54, 1.807) is 0 Å². The first-order valence-corrected chi connectivity index (χ1v) is 5.47. The van der Waals surface area contributed by atoms with E-state index in [0.717, 1.165) is 6.54 Å². The van der Waals surface area contributed by atoms with Gasteiger partial charge in [0.25, 0.3) is 0 Å². The highest BCUT2D eigenvalue weighted by Gasteiger charge is 2.12. The van der Waals surface area contributed by atoms with Gasteiger partial charge >= 0.3 is 0 Å². The van der Waals surface area contributed by atoms with E-state index in [0.29, 0.717) is 0 Å². The number of hydrogen-bond acceptors (Lipinski definition) is 1. The van der Waals surface area contributed by atoms with Gasteiger partial charge in [-0.25, -0.2) is 0 Å². The molecule has 0 aliphatic carbocycles. The lowest BCUT2D eigenvalue weighted by molar-refractivity contribution is 1.10. The van der Waals surface area contributed by atoms with Crippen molar-refractivity contribution < 1.29 is 0 Å². The highest BCUT2D eigenvalue weighted by atomic mass is 15.1. The largest absolute Gasteiger partial charge is 0.344 e. The third kappa shape index (κ3) is 1.25. The highest BCUT2D eigenvalue weighted by molar-refractivity contribution is 6.02. The van der Waals surface area contributed by atoms with Gasteiger partial charge in [0.05, 0.1) is 0 Å². The second-order valence-corrected chi connectivity index (χ2v) is 3.98. The molecule has 0 radical (unpaired) electrons.